The fraction of sp³-hybridized carbons (Fsp3) is 1.00. The molecule has 4 nitrogen and oxygen atoms in total. The van der Waals surface area contributed by atoms with Crippen LogP contribution in [0.3, 0.4) is 0 Å². The van der Waals surface area contributed by atoms with Crippen molar-refractivity contribution in [2.75, 3.05) is 37.1 Å². The molecule has 0 bridgehead atoms. The average Bonchev–Trinajstić information content (AvgIpc) is 2.93. The monoisotopic (exact) mass is 298 g/mol. The molecule has 0 aliphatic carbocycles. The normalized spacial score (nSPS) is 32.3. The summed E-state index contributed by atoms with van der Waals surface area (Å²) in [7, 11) is -3.34. The van der Waals surface area contributed by atoms with E-state index in [1.54, 1.807) is 12.5 Å². The number of hydrogen-bond acceptors (Lipinski definition) is 4. The van der Waals surface area contributed by atoms with Crippen molar-refractivity contribution in [1.29, 1.82) is 0 Å². The van der Waals surface area contributed by atoms with Crippen LogP contribution in [0.25, 0.3) is 0 Å². The standard InChI is InChI=1S/2C4H9NOS.2C2H6/c2*1-7(6)4-2-3-5-7;2*1-2/h2*2-4H2,1H3;2*1-2H3/t2*7-;;/m10../s1. The minimum absolute atomic E-state index is 0.812. The smallest absolute Gasteiger partial charge is 0.0493 e. The van der Waals surface area contributed by atoms with E-state index in [1.165, 1.54) is 0 Å². The summed E-state index contributed by atoms with van der Waals surface area (Å²) in [6, 6.07) is 0. The van der Waals surface area contributed by atoms with Crippen LogP contribution < -0.4 is 0 Å². The third-order valence-corrected chi connectivity index (χ3v) is 5.64. The third kappa shape index (κ3) is 11.0. The lowest BCUT2D eigenvalue weighted by atomic mass is 10.5. The van der Waals surface area contributed by atoms with Gasteiger partial charge >= 0.3 is 0 Å². The number of rotatable bonds is 0. The van der Waals surface area contributed by atoms with Crippen LogP contribution in [0.2, 0.25) is 0 Å². The van der Waals surface area contributed by atoms with Crippen LogP contribution in [-0.4, -0.2) is 45.5 Å². The molecule has 0 saturated heterocycles. The summed E-state index contributed by atoms with van der Waals surface area (Å²) in [4.78, 5) is 0. The fourth-order valence-corrected chi connectivity index (χ4v) is 3.93. The van der Waals surface area contributed by atoms with E-state index in [0.717, 1.165) is 37.4 Å². The maximum Gasteiger partial charge on any atom is 0.0493 e. The molecule has 0 saturated carbocycles. The first kappa shape index (κ1) is 20.2. The summed E-state index contributed by atoms with van der Waals surface area (Å²) in [6.45, 7) is 9.63. The van der Waals surface area contributed by atoms with Gasteiger partial charge < -0.3 is 0 Å². The van der Waals surface area contributed by atoms with Gasteiger partial charge in [0.2, 0.25) is 0 Å². The molecule has 0 fully saturated rings. The molecular formula is C12H30N2O2S2. The molecule has 0 spiro atoms. The van der Waals surface area contributed by atoms with Crippen LogP contribution in [0.5, 0.6) is 0 Å². The van der Waals surface area contributed by atoms with Crippen molar-refractivity contribution in [2.24, 2.45) is 8.73 Å². The van der Waals surface area contributed by atoms with Gasteiger partial charge in [-0.25, -0.2) is 8.73 Å². The van der Waals surface area contributed by atoms with Crippen LogP contribution in [0, 0.1) is 0 Å². The first-order chi connectivity index (χ1) is 8.41. The predicted molar refractivity (Wildman–Crippen MR) is 84.4 cm³/mol. The first-order valence-corrected chi connectivity index (χ1v) is 10.9. The molecule has 0 aromatic rings. The second-order valence-electron chi connectivity index (χ2n) is 3.74. The molecule has 18 heavy (non-hydrogen) atoms. The Kier molecular flexibility index (Phi) is 12.1. The zero-order valence-corrected chi connectivity index (χ0v) is 14.4. The van der Waals surface area contributed by atoms with Gasteiger partial charge in [-0.3, -0.25) is 8.42 Å². The molecule has 0 aromatic heterocycles. The third-order valence-electron chi connectivity index (χ3n) is 2.09. The quantitative estimate of drug-likeness (QED) is 0.690. The zero-order chi connectivity index (χ0) is 14.7. The Morgan fingerprint density at radius 2 is 1.00 bits per heavy atom. The first-order valence-electron chi connectivity index (χ1n) is 6.72. The number of hydrogen-bond donors (Lipinski definition) is 0. The minimum atomic E-state index is -1.67. The molecule has 2 heterocycles. The van der Waals surface area contributed by atoms with E-state index < -0.39 is 19.5 Å². The second kappa shape index (κ2) is 10.8. The van der Waals surface area contributed by atoms with Gasteiger partial charge in [0.05, 0.1) is 0 Å². The van der Waals surface area contributed by atoms with Gasteiger partial charge in [-0.1, -0.05) is 27.7 Å². The molecule has 0 unspecified atom stereocenters. The molecule has 0 N–H and O–H groups in total. The van der Waals surface area contributed by atoms with Crippen molar-refractivity contribution in [1.82, 2.24) is 0 Å². The van der Waals surface area contributed by atoms with Crippen LogP contribution >= 0.6 is 0 Å². The lowest BCUT2D eigenvalue weighted by Crippen LogP contribution is -1.93. The summed E-state index contributed by atoms with van der Waals surface area (Å²) < 4.78 is 29.4. The van der Waals surface area contributed by atoms with E-state index in [1.807, 2.05) is 27.7 Å². The van der Waals surface area contributed by atoms with Crippen LogP contribution in [-0.2, 0) is 19.5 Å². The predicted octanol–water partition coefficient (Wildman–Crippen LogP) is 3.03. The molecule has 0 aromatic carbocycles. The highest BCUT2D eigenvalue weighted by molar-refractivity contribution is 7.93. The summed E-state index contributed by atoms with van der Waals surface area (Å²) >= 11 is 0. The van der Waals surface area contributed by atoms with Gasteiger partial charge in [0.1, 0.15) is 0 Å². The highest BCUT2D eigenvalue weighted by atomic mass is 32.2. The Morgan fingerprint density at radius 1 is 0.722 bits per heavy atom. The highest BCUT2D eigenvalue weighted by Crippen LogP contribution is 2.03. The summed E-state index contributed by atoms with van der Waals surface area (Å²) in [5.74, 6) is 1.62. The fourth-order valence-electron chi connectivity index (χ4n) is 1.31. The van der Waals surface area contributed by atoms with Gasteiger partial charge in [-0.15, -0.1) is 0 Å². The van der Waals surface area contributed by atoms with E-state index in [-0.39, 0.29) is 0 Å². The second-order valence-corrected chi connectivity index (χ2v) is 8.91. The van der Waals surface area contributed by atoms with Crippen molar-refractivity contribution in [3.05, 3.63) is 0 Å². The van der Waals surface area contributed by atoms with Crippen molar-refractivity contribution in [3.63, 3.8) is 0 Å². The van der Waals surface area contributed by atoms with Gasteiger partial charge in [0, 0.05) is 56.6 Å². The van der Waals surface area contributed by atoms with E-state index in [9.17, 15) is 8.42 Å². The maximum atomic E-state index is 10.8. The van der Waals surface area contributed by atoms with E-state index >= 15 is 0 Å². The van der Waals surface area contributed by atoms with Gasteiger partial charge in [0.25, 0.3) is 0 Å². The average molecular weight is 299 g/mol. The van der Waals surface area contributed by atoms with Crippen molar-refractivity contribution >= 4 is 19.5 Å². The maximum absolute atomic E-state index is 10.8. The summed E-state index contributed by atoms with van der Waals surface area (Å²) in [5, 5.41) is 0. The molecule has 0 amide bonds. The SMILES string of the molecule is CC.CC.C[S@@]1(=O)=NCCC1.C[S@]1(=O)=NCCC1. The lowest BCUT2D eigenvalue weighted by Gasteiger charge is -1.85. The molecule has 6 heteroatoms. The van der Waals surface area contributed by atoms with E-state index in [2.05, 4.69) is 8.73 Å². The molecule has 2 aliphatic heterocycles. The van der Waals surface area contributed by atoms with Gasteiger partial charge in [0.15, 0.2) is 0 Å². The minimum Gasteiger partial charge on any atom is -0.250 e. The van der Waals surface area contributed by atoms with Crippen LogP contribution in [0.4, 0.5) is 0 Å². The molecule has 2 aliphatic rings. The van der Waals surface area contributed by atoms with E-state index in [0.29, 0.717) is 0 Å². The Morgan fingerprint density at radius 3 is 1.06 bits per heavy atom. The highest BCUT2D eigenvalue weighted by Gasteiger charge is 2.06. The number of nitrogens with zero attached hydrogens (tertiary/aromatic N) is 2. The van der Waals surface area contributed by atoms with Crippen LogP contribution in [0.15, 0.2) is 8.73 Å². The Bertz CT molecular complexity index is 376. The van der Waals surface area contributed by atoms with Crippen LogP contribution in [0.1, 0.15) is 40.5 Å². The zero-order valence-electron chi connectivity index (χ0n) is 12.8. The largest absolute Gasteiger partial charge is 0.250 e. The lowest BCUT2D eigenvalue weighted by molar-refractivity contribution is 0.682. The molecule has 2 atom stereocenters. The molecule has 112 valence electrons. The topological polar surface area (TPSA) is 58.9 Å². The van der Waals surface area contributed by atoms with Crippen molar-refractivity contribution < 1.29 is 8.42 Å². The molecule has 0 radical (unpaired) electrons. The van der Waals surface area contributed by atoms with E-state index in [4.69, 9.17) is 0 Å². The van der Waals surface area contributed by atoms with Gasteiger partial charge in [-0.05, 0) is 12.8 Å². The van der Waals surface area contributed by atoms with Crippen molar-refractivity contribution in [2.45, 2.75) is 40.5 Å². The summed E-state index contributed by atoms with van der Waals surface area (Å²) in [6.07, 6.45) is 5.49. The van der Waals surface area contributed by atoms with Crippen molar-refractivity contribution in [3.8, 4) is 0 Å². The Balaban J connectivity index is 0. The van der Waals surface area contributed by atoms with Gasteiger partial charge in [-0.2, -0.15) is 0 Å². The Labute approximate surface area is 114 Å². The Hall–Kier alpha value is -0.100. The molecular weight excluding hydrogens is 268 g/mol. The summed E-state index contributed by atoms with van der Waals surface area (Å²) in [5.41, 5.74) is 0. The molecule has 2 rings (SSSR count).